The molecule has 0 radical (unpaired) electrons. The van der Waals surface area contributed by atoms with E-state index in [1.807, 2.05) is 57.2 Å². The zero-order valence-electron chi connectivity index (χ0n) is 15.1. The topological polar surface area (TPSA) is 34.5 Å². The molecular formula is C22H22N2O. The summed E-state index contributed by atoms with van der Waals surface area (Å²) in [7, 11) is 1.68. The van der Waals surface area contributed by atoms with Crippen LogP contribution in [0.3, 0.4) is 0 Å². The van der Waals surface area contributed by atoms with Gasteiger partial charge in [-0.25, -0.2) is 9.98 Å². The largest absolute Gasteiger partial charge is 0.495 e. The molecule has 0 N–H and O–H groups in total. The summed E-state index contributed by atoms with van der Waals surface area (Å²) in [5.74, 6) is 1.57. The van der Waals surface area contributed by atoms with Crippen LogP contribution >= 0.6 is 0 Å². The van der Waals surface area contributed by atoms with Crippen molar-refractivity contribution in [3.8, 4) is 5.75 Å². The van der Waals surface area contributed by atoms with Crippen LogP contribution in [0.25, 0.3) is 0 Å². The molecule has 25 heavy (non-hydrogen) atoms. The van der Waals surface area contributed by atoms with Crippen molar-refractivity contribution in [1.29, 1.82) is 0 Å². The van der Waals surface area contributed by atoms with Crippen LogP contribution in [-0.2, 0) is 0 Å². The van der Waals surface area contributed by atoms with Gasteiger partial charge in [-0.2, -0.15) is 0 Å². The SMILES string of the molecule is COc1c(C)nc(N=C(c2ccccc2)c2ccccc2)c(C)c1C. The highest BCUT2D eigenvalue weighted by atomic mass is 16.5. The number of methoxy groups -OCH3 is 1. The first-order valence-corrected chi connectivity index (χ1v) is 8.33. The maximum atomic E-state index is 5.47. The molecule has 0 saturated carbocycles. The van der Waals surface area contributed by atoms with Gasteiger partial charge in [0, 0.05) is 16.7 Å². The van der Waals surface area contributed by atoms with Gasteiger partial charge in [-0.15, -0.1) is 0 Å². The molecule has 1 aromatic heterocycles. The van der Waals surface area contributed by atoms with Crippen LogP contribution in [0.2, 0.25) is 0 Å². The van der Waals surface area contributed by atoms with Gasteiger partial charge < -0.3 is 4.74 Å². The second-order valence-electron chi connectivity index (χ2n) is 6.00. The van der Waals surface area contributed by atoms with Crippen LogP contribution in [0, 0.1) is 20.8 Å². The Morgan fingerprint density at radius 1 is 0.800 bits per heavy atom. The van der Waals surface area contributed by atoms with E-state index in [4.69, 9.17) is 9.73 Å². The predicted octanol–water partition coefficient (Wildman–Crippen LogP) is 5.18. The first-order chi connectivity index (χ1) is 12.1. The van der Waals surface area contributed by atoms with E-state index in [2.05, 4.69) is 29.2 Å². The first kappa shape index (κ1) is 16.9. The van der Waals surface area contributed by atoms with Crippen molar-refractivity contribution in [3.63, 3.8) is 0 Å². The quantitative estimate of drug-likeness (QED) is 0.617. The van der Waals surface area contributed by atoms with E-state index in [-0.39, 0.29) is 0 Å². The molecule has 2 aromatic carbocycles. The van der Waals surface area contributed by atoms with E-state index < -0.39 is 0 Å². The Kier molecular flexibility index (Phi) is 4.94. The van der Waals surface area contributed by atoms with E-state index in [0.717, 1.165) is 45.2 Å². The molecule has 0 unspecified atom stereocenters. The summed E-state index contributed by atoms with van der Waals surface area (Å²) in [5.41, 5.74) is 6.02. The number of aryl methyl sites for hydroxylation is 1. The van der Waals surface area contributed by atoms with Crippen molar-refractivity contribution in [2.75, 3.05) is 7.11 Å². The fourth-order valence-corrected chi connectivity index (χ4v) is 2.91. The molecule has 0 bridgehead atoms. The zero-order chi connectivity index (χ0) is 17.8. The number of hydrogen-bond donors (Lipinski definition) is 0. The summed E-state index contributed by atoms with van der Waals surface area (Å²) >= 11 is 0. The number of hydrogen-bond acceptors (Lipinski definition) is 3. The monoisotopic (exact) mass is 330 g/mol. The second-order valence-corrected chi connectivity index (χ2v) is 6.00. The van der Waals surface area contributed by atoms with E-state index in [9.17, 15) is 0 Å². The molecular weight excluding hydrogens is 308 g/mol. The van der Waals surface area contributed by atoms with Crippen LogP contribution in [0.1, 0.15) is 27.9 Å². The highest BCUT2D eigenvalue weighted by Gasteiger charge is 2.14. The smallest absolute Gasteiger partial charge is 0.156 e. The number of aliphatic imine (C=N–C) groups is 1. The van der Waals surface area contributed by atoms with Gasteiger partial charge in [0.1, 0.15) is 5.75 Å². The van der Waals surface area contributed by atoms with Crippen molar-refractivity contribution in [1.82, 2.24) is 4.98 Å². The number of pyridine rings is 1. The molecule has 3 nitrogen and oxygen atoms in total. The molecule has 0 amide bonds. The van der Waals surface area contributed by atoms with E-state index in [1.165, 1.54) is 0 Å². The maximum absolute atomic E-state index is 5.47. The fourth-order valence-electron chi connectivity index (χ4n) is 2.91. The summed E-state index contributed by atoms with van der Waals surface area (Å²) in [4.78, 5) is 9.63. The second kappa shape index (κ2) is 7.31. The average Bonchev–Trinajstić information content (AvgIpc) is 2.65. The third-order valence-corrected chi connectivity index (χ3v) is 4.36. The van der Waals surface area contributed by atoms with Gasteiger partial charge in [0.25, 0.3) is 0 Å². The molecule has 0 atom stereocenters. The van der Waals surface area contributed by atoms with Crippen LogP contribution in [-0.4, -0.2) is 17.8 Å². The number of benzene rings is 2. The summed E-state index contributed by atoms with van der Waals surface area (Å²) < 4.78 is 5.47. The summed E-state index contributed by atoms with van der Waals surface area (Å²) in [6.07, 6.45) is 0. The van der Waals surface area contributed by atoms with Crippen LogP contribution in [0.15, 0.2) is 65.7 Å². The molecule has 3 aromatic rings. The van der Waals surface area contributed by atoms with Crippen molar-refractivity contribution in [2.45, 2.75) is 20.8 Å². The Bertz CT molecular complexity index is 859. The molecule has 1 heterocycles. The maximum Gasteiger partial charge on any atom is 0.156 e. The third kappa shape index (κ3) is 3.45. The molecule has 3 heteroatoms. The van der Waals surface area contributed by atoms with Crippen LogP contribution in [0.5, 0.6) is 5.75 Å². The fraction of sp³-hybridized carbons (Fsp3) is 0.182. The van der Waals surface area contributed by atoms with E-state index >= 15 is 0 Å². The number of rotatable bonds is 4. The lowest BCUT2D eigenvalue weighted by molar-refractivity contribution is 0.405. The Labute approximate surface area is 149 Å². The van der Waals surface area contributed by atoms with Gasteiger partial charge >= 0.3 is 0 Å². The molecule has 0 spiro atoms. The number of aromatic nitrogens is 1. The summed E-state index contributed by atoms with van der Waals surface area (Å²) in [6.45, 7) is 6.04. The van der Waals surface area contributed by atoms with Crippen molar-refractivity contribution in [2.24, 2.45) is 4.99 Å². The summed E-state index contributed by atoms with van der Waals surface area (Å²) in [6, 6.07) is 20.4. The lowest BCUT2D eigenvalue weighted by atomic mass is 10.0. The minimum Gasteiger partial charge on any atom is -0.495 e. The first-order valence-electron chi connectivity index (χ1n) is 8.33. The van der Waals surface area contributed by atoms with Gasteiger partial charge in [0.2, 0.25) is 0 Å². The van der Waals surface area contributed by atoms with E-state index in [0.29, 0.717) is 0 Å². The van der Waals surface area contributed by atoms with E-state index in [1.54, 1.807) is 7.11 Å². The van der Waals surface area contributed by atoms with Gasteiger partial charge in [-0.3, -0.25) is 0 Å². The van der Waals surface area contributed by atoms with Crippen molar-refractivity contribution in [3.05, 3.63) is 88.6 Å². The Morgan fingerprint density at radius 3 is 1.80 bits per heavy atom. The number of nitrogens with zero attached hydrogens (tertiary/aromatic N) is 2. The molecule has 0 aliphatic heterocycles. The Hall–Kier alpha value is -2.94. The van der Waals surface area contributed by atoms with Crippen LogP contribution < -0.4 is 4.74 Å². The molecule has 3 rings (SSSR count). The highest BCUT2D eigenvalue weighted by Crippen LogP contribution is 2.31. The standard InChI is InChI=1S/C22H22N2O/c1-15-16(2)22(23-17(3)21(15)25-4)24-20(18-11-7-5-8-12-18)19-13-9-6-10-14-19/h5-14H,1-4H3. The Morgan fingerprint density at radius 2 is 1.32 bits per heavy atom. The van der Waals surface area contributed by atoms with Crippen LogP contribution in [0.4, 0.5) is 5.82 Å². The normalized spacial score (nSPS) is 10.4. The minimum atomic E-state index is 0.735. The van der Waals surface area contributed by atoms with Gasteiger partial charge in [-0.1, -0.05) is 60.7 Å². The van der Waals surface area contributed by atoms with Crippen molar-refractivity contribution < 1.29 is 4.74 Å². The minimum absolute atomic E-state index is 0.735. The molecule has 0 aliphatic carbocycles. The summed E-state index contributed by atoms with van der Waals surface area (Å²) in [5, 5.41) is 0. The lowest BCUT2D eigenvalue weighted by Gasteiger charge is -2.14. The lowest BCUT2D eigenvalue weighted by Crippen LogP contribution is -2.04. The zero-order valence-corrected chi connectivity index (χ0v) is 15.1. The molecule has 0 fully saturated rings. The number of ether oxygens (including phenoxy) is 1. The predicted molar refractivity (Wildman–Crippen MR) is 103 cm³/mol. The average molecular weight is 330 g/mol. The third-order valence-electron chi connectivity index (χ3n) is 4.36. The molecule has 0 aliphatic rings. The molecule has 0 saturated heterocycles. The Balaban J connectivity index is 2.21. The van der Waals surface area contributed by atoms with Gasteiger partial charge in [0.05, 0.1) is 18.5 Å². The van der Waals surface area contributed by atoms with Crippen molar-refractivity contribution >= 4 is 11.5 Å². The van der Waals surface area contributed by atoms with Gasteiger partial charge in [-0.05, 0) is 26.3 Å². The van der Waals surface area contributed by atoms with Gasteiger partial charge in [0.15, 0.2) is 5.82 Å². The molecule has 126 valence electrons. The highest BCUT2D eigenvalue weighted by molar-refractivity contribution is 6.13.